The number of carboxylic acid groups (broad SMARTS) is 1. The van der Waals surface area contributed by atoms with Gasteiger partial charge in [-0.15, -0.1) is 0 Å². The van der Waals surface area contributed by atoms with E-state index in [0.717, 1.165) is 38.4 Å². The minimum Gasteiger partial charge on any atom is -0.497 e. The Morgan fingerprint density at radius 2 is 2.06 bits per heavy atom. The van der Waals surface area contributed by atoms with Crippen LogP contribution in [-0.4, -0.2) is 47.7 Å². The Labute approximate surface area is 206 Å². The number of rotatable bonds is 10. The van der Waals surface area contributed by atoms with E-state index in [1.165, 1.54) is 38.3 Å². The van der Waals surface area contributed by atoms with Crippen molar-refractivity contribution in [2.45, 2.75) is 70.4 Å². The monoisotopic (exact) mass is 490 g/mol. The lowest BCUT2D eigenvalue weighted by Crippen LogP contribution is -2.42. The topological polar surface area (TPSA) is 62.7 Å². The standard InChI is InChI=1S/C27H36ClFN2O3/c1-34-20-6-7-24-21(16-20)26(22(28)18-30-24)23(29)8-10-27(17-25(32)33)11-14-31(15-12-27)13-9-19-4-2-3-5-19/h6-7,16,18-19,23H,2-5,8-15,17H2,1H3,(H,32,33)/t23-/m0/s1. The summed E-state index contributed by atoms with van der Waals surface area (Å²) in [5.41, 5.74) is 0.719. The van der Waals surface area contributed by atoms with Crippen molar-refractivity contribution in [3.8, 4) is 5.75 Å². The van der Waals surface area contributed by atoms with Crippen LogP contribution in [0.25, 0.3) is 10.9 Å². The first kappa shape index (κ1) is 25.2. The Hall–Kier alpha value is -1.92. The van der Waals surface area contributed by atoms with Crippen molar-refractivity contribution in [3.63, 3.8) is 0 Å². The number of halogens is 2. The molecule has 0 unspecified atom stereocenters. The predicted molar refractivity (Wildman–Crippen MR) is 133 cm³/mol. The molecule has 186 valence electrons. The number of piperidine rings is 1. The maximum Gasteiger partial charge on any atom is 0.303 e. The lowest BCUT2D eigenvalue weighted by atomic mass is 9.71. The van der Waals surface area contributed by atoms with E-state index < -0.39 is 12.1 Å². The molecule has 0 spiro atoms. The highest BCUT2D eigenvalue weighted by Gasteiger charge is 2.37. The number of hydrogen-bond acceptors (Lipinski definition) is 4. The number of nitrogens with zero attached hydrogens (tertiary/aromatic N) is 2. The summed E-state index contributed by atoms with van der Waals surface area (Å²) < 4.78 is 21.0. The molecule has 2 aliphatic rings. The van der Waals surface area contributed by atoms with Crippen molar-refractivity contribution < 1.29 is 19.0 Å². The Balaban J connectivity index is 1.42. The van der Waals surface area contributed by atoms with E-state index in [1.54, 1.807) is 25.3 Å². The third-order valence-corrected chi connectivity index (χ3v) is 8.38. The van der Waals surface area contributed by atoms with Gasteiger partial charge in [0, 0.05) is 17.1 Å². The van der Waals surface area contributed by atoms with Crippen LogP contribution in [0.15, 0.2) is 24.4 Å². The molecule has 1 saturated heterocycles. The Morgan fingerprint density at radius 3 is 2.74 bits per heavy atom. The van der Waals surface area contributed by atoms with Gasteiger partial charge in [0.1, 0.15) is 11.9 Å². The highest BCUT2D eigenvalue weighted by molar-refractivity contribution is 6.32. The molecule has 5 nitrogen and oxygen atoms in total. The number of benzene rings is 1. The number of ether oxygens (including phenoxy) is 1. The van der Waals surface area contributed by atoms with Crippen LogP contribution in [0.4, 0.5) is 4.39 Å². The third kappa shape index (κ3) is 6.01. The van der Waals surface area contributed by atoms with Gasteiger partial charge in [0.15, 0.2) is 0 Å². The number of methoxy groups -OCH3 is 1. The van der Waals surface area contributed by atoms with Crippen LogP contribution in [0, 0.1) is 11.3 Å². The van der Waals surface area contributed by atoms with Crippen molar-refractivity contribution in [1.82, 2.24) is 9.88 Å². The number of alkyl halides is 1. The van der Waals surface area contributed by atoms with Gasteiger partial charge in [-0.3, -0.25) is 9.78 Å². The Morgan fingerprint density at radius 1 is 1.32 bits per heavy atom. The molecule has 2 aromatic rings. The lowest BCUT2D eigenvalue weighted by Gasteiger charge is -2.42. The number of hydrogen-bond donors (Lipinski definition) is 1. The first-order chi connectivity index (χ1) is 16.4. The van der Waals surface area contributed by atoms with Gasteiger partial charge in [0.2, 0.25) is 0 Å². The number of fused-ring (bicyclic) bond motifs is 1. The predicted octanol–water partition coefficient (Wildman–Crippen LogP) is 6.82. The van der Waals surface area contributed by atoms with Crippen molar-refractivity contribution in [2.24, 2.45) is 11.3 Å². The summed E-state index contributed by atoms with van der Waals surface area (Å²) in [6, 6.07) is 5.36. The molecule has 2 heterocycles. The zero-order valence-electron chi connectivity index (χ0n) is 20.1. The molecule has 1 N–H and O–H groups in total. The maximum absolute atomic E-state index is 15.7. The highest BCUT2D eigenvalue weighted by atomic mass is 35.5. The molecule has 1 aliphatic heterocycles. The fourth-order valence-electron chi connectivity index (χ4n) is 5.94. The van der Waals surface area contributed by atoms with Crippen molar-refractivity contribution >= 4 is 28.5 Å². The second kappa shape index (κ2) is 11.2. The van der Waals surface area contributed by atoms with Gasteiger partial charge in [0.05, 0.1) is 24.1 Å². The molecule has 34 heavy (non-hydrogen) atoms. The van der Waals surface area contributed by atoms with Crippen molar-refractivity contribution in [3.05, 3.63) is 35.0 Å². The summed E-state index contributed by atoms with van der Waals surface area (Å²) in [6.07, 6.45) is 9.34. The molecule has 0 amide bonds. The third-order valence-electron chi connectivity index (χ3n) is 8.08. The SMILES string of the molecule is COc1ccc2ncc(Cl)c([C@@H](F)CCC3(CC(=O)O)CCN(CCC4CCCC4)CC3)c2c1. The maximum atomic E-state index is 15.7. The van der Waals surface area contributed by atoms with Crippen molar-refractivity contribution in [1.29, 1.82) is 0 Å². The summed E-state index contributed by atoms with van der Waals surface area (Å²) in [5, 5.41) is 10.6. The molecule has 0 bridgehead atoms. The quantitative estimate of drug-likeness (QED) is 0.395. The van der Waals surface area contributed by atoms with Gasteiger partial charge in [-0.2, -0.15) is 0 Å². The van der Waals surface area contributed by atoms with E-state index in [0.29, 0.717) is 33.7 Å². The normalized spacial score (nSPS) is 20.0. The molecule has 0 radical (unpaired) electrons. The van der Waals surface area contributed by atoms with Crippen LogP contribution in [-0.2, 0) is 4.79 Å². The summed E-state index contributed by atoms with van der Waals surface area (Å²) in [6.45, 7) is 2.89. The largest absolute Gasteiger partial charge is 0.497 e. The van der Waals surface area contributed by atoms with Crippen LogP contribution in [0.1, 0.15) is 75.9 Å². The molecule has 1 saturated carbocycles. The van der Waals surface area contributed by atoms with Gasteiger partial charge in [-0.05, 0) is 81.3 Å². The minimum atomic E-state index is -1.30. The van der Waals surface area contributed by atoms with E-state index in [9.17, 15) is 9.90 Å². The van der Waals surface area contributed by atoms with E-state index >= 15 is 4.39 Å². The smallest absolute Gasteiger partial charge is 0.303 e. The summed E-state index contributed by atoms with van der Waals surface area (Å²) in [7, 11) is 1.57. The second-order valence-electron chi connectivity index (χ2n) is 10.3. The van der Waals surface area contributed by atoms with Gasteiger partial charge in [-0.25, -0.2) is 4.39 Å². The Bertz CT molecular complexity index is 987. The highest BCUT2D eigenvalue weighted by Crippen LogP contribution is 2.44. The van der Waals surface area contributed by atoms with Crippen LogP contribution >= 0.6 is 11.6 Å². The molecule has 7 heteroatoms. The first-order valence-corrected chi connectivity index (χ1v) is 13.0. The molecular formula is C27H36ClFN2O3. The lowest BCUT2D eigenvalue weighted by molar-refractivity contribution is -0.141. The summed E-state index contributed by atoms with van der Waals surface area (Å²) in [4.78, 5) is 18.5. The van der Waals surface area contributed by atoms with Crippen LogP contribution < -0.4 is 4.74 Å². The average molecular weight is 491 g/mol. The molecule has 2 fully saturated rings. The second-order valence-corrected chi connectivity index (χ2v) is 10.7. The van der Waals surface area contributed by atoms with Crippen LogP contribution in [0.3, 0.4) is 0 Å². The van der Waals surface area contributed by atoms with E-state index in [1.807, 2.05) is 0 Å². The molecular weight excluding hydrogens is 455 g/mol. The van der Waals surface area contributed by atoms with Crippen molar-refractivity contribution in [2.75, 3.05) is 26.7 Å². The number of carbonyl (C=O) groups is 1. The van der Waals surface area contributed by atoms with E-state index in [2.05, 4.69) is 9.88 Å². The van der Waals surface area contributed by atoms with Gasteiger partial charge in [-0.1, -0.05) is 37.3 Å². The molecule has 1 aromatic heterocycles. The van der Waals surface area contributed by atoms with Crippen LogP contribution in [0.5, 0.6) is 5.75 Å². The van der Waals surface area contributed by atoms with Gasteiger partial charge >= 0.3 is 5.97 Å². The van der Waals surface area contributed by atoms with E-state index in [-0.39, 0.29) is 18.3 Å². The fraction of sp³-hybridized carbons (Fsp3) is 0.630. The molecule has 4 rings (SSSR count). The molecule has 1 aromatic carbocycles. The number of likely N-dealkylation sites (tertiary alicyclic amines) is 1. The Kier molecular flexibility index (Phi) is 8.30. The minimum absolute atomic E-state index is 0.0921. The van der Waals surface area contributed by atoms with Gasteiger partial charge in [0.25, 0.3) is 0 Å². The fourth-order valence-corrected chi connectivity index (χ4v) is 6.21. The zero-order valence-corrected chi connectivity index (χ0v) is 20.8. The summed E-state index contributed by atoms with van der Waals surface area (Å²) >= 11 is 6.40. The average Bonchev–Trinajstić information content (AvgIpc) is 3.35. The van der Waals surface area contributed by atoms with Crippen LogP contribution in [0.2, 0.25) is 5.02 Å². The molecule has 1 aliphatic carbocycles. The molecule has 1 atom stereocenters. The number of aromatic nitrogens is 1. The van der Waals surface area contributed by atoms with E-state index in [4.69, 9.17) is 16.3 Å². The summed E-state index contributed by atoms with van der Waals surface area (Å²) in [5.74, 6) is 0.681. The first-order valence-electron chi connectivity index (χ1n) is 12.6. The number of pyridine rings is 1. The number of carboxylic acids is 1. The van der Waals surface area contributed by atoms with Gasteiger partial charge < -0.3 is 14.7 Å². The number of aliphatic carboxylic acids is 1. The zero-order chi connectivity index (χ0) is 24.1.